The zero-order chi connectivity index (χ0) is 16.4. The Morgan fingerprint density at radius 3 is 2.68 bits per heavy atom. The summed E-state index contributed by atoms with van der Waals surface area (Å²) in [5, 5.41) is 11.0. The van der Waals surface area contributed by atoms with Crippen molar-refractivity contribution in [2.45, 2.75) is 4.90 Å². The van der Waals surface area contributed by atoms with Crippen LogP contribution in [0, 0.1) is 17.1 Å². The van der Waals surface area contributed by atoms with Gasteiger partial charge in [0.1, 0.15) is 22.5 Å². The molecule has 0 spiro atoms. The van der Waals surface area contributed by atoms with Gasteiger partial charge in [-0.1, -0.05) is 11.6 Å². The number of nitrogens with zero attached hydrogens (tertiary/aromatic N) is 2. The zero-order valence-electron chi connectivity index (χ0n) is 11.1. The maximum Gasteiger partial charge on any atom is 0.273 e. The minimum atomic E-state index is -2.93. The molecule has 6 nitrogen and oxygen atoms in total. The van der Waals surface area contributed by atoms with Crippen molar-refractivity contribution in [3.05, 3.63) is 46.5 Å². The lowest BCUT2D eigenvalue weighted by molar-refractivity contribution is 0.101. The molecule has 0 bridgehead atoms. The minimum Gasteiger partial charge on any atom is -0.344 e. The van der Waals surface area contributed by atoms with E-state index < -0.39 is 22.4 Å². The van der Waals surface area contributed by atoms with Gasteiger partial charge in [0.25, 0.3) is 5.91 Å². The van der Waals surface area contributed by atoms with Crippen molar-refractivity contribution >= 4 is 33.9 Å². The van der Waals surface area contributed by atoms with Gasteiger partial charge in [-0.3, -0.25) is 4.79 Å². The average molecular weight is 342 g/mol. The van der Waals surface area contributed by atoms with Crippen LogP contribution in [0.25, 0.3) is 0 Å². The van der Waals surface area contributed by atoms with Gasteiger partial charge in [0.2, 0.25) is 0 Å². The van der Waals surface area contributed by atoms with Crippen LogP contribution >= 0.6 is 11.6 Å². The molecule has 1 heterocycles. The second-order valence-corrected chi connectivity index (χ2v) is 5.68. The van der Waals surface area contributed by atoms with Gasteiger partial charge < -0.3 is 9.88 Å². The number of halogens is 2. The van der Waals surface area contributed by atoms with Gasteiger partial charge in [-0.25, -0.2) is 12.8 Å². The molecule has 1 aromatic heterocycles. The third kappa shape index (κ3) is 2.95. The highest BCUT2D eigenvalue weighted by atomic mass is 35.5. The van der Waals surface area contributed by atoms with Crippen LogP contribution in [0.15, 0.2) is 29.3 Å². The standard InChI is InChI=1S/C13H9ClFN3O3S/c1-18-6-10(22(20)21)11(14)12(18)13(19)17-8-2-3-9(15)7(4-8)5-16/h2-4,6,22H,1H3,(H,17,19). The fourth-order valence-corrected chi connectivity index (χ4v) is 2.86. The Morgan fingerprint density at radius 2 is 2.14 bits per heavy atom. The number of amides is 1. The summed E-state index contributed by atoms with van der Waals surface area (Å²) in [5.74, 6) is -1.38. The first kappa shape index (κ1) is 16.0. The van der Waals surface area contributed by atoms with E-state index in [1.165, 1.54) is 29.9 Å². The van der Waals surface area contributed by atoms with Crippen LogP contribution in [0.4, 0.5) is 10.1 Å². The number of nitrogens with one attached hydrogen (secondary N) is 1. The average Bonchev–Trinajstić information content (AvgIpc) is 2.76. The summed E-state index contributed by atoms with van der Waals surface area (Å²) in [6, 6.07) is 5.14. The molecule has 1 N–H and O–H groups in total. The van der Waals surface area contributed by atoms with E-state index in [9.17, 15) is 17.6 Å². The number of aryl methyl sites for hydroxylation is 1. The Balaban J connectivity index is 2.37. The van der Waals surface area contributed by atoms with Crippen LogP contribution in [0.1, 0.15) is 16.1 Å². The Bertz CT molecular complexity index is 875. The first-order valence-electron chi connectivity index (χ1n) is 5.85. The predicted molar refractivity (Wildman–Crippen MR) is 78.1 cm³/mol. The maximum absolute atomic E-state index is 13.2. The summed E-state index contributed by atoms with van der Waals surface area (Å²) in [4.78, 5) is 12.0. The molecule has 0 atom stereocenters. The molecule has 0 aliphatic rings. The van der Waals surface area contributed by atoms with Gasteiger partial charge in [0, 0.05) is 18.9 Å². The minimum absolute atomic E-state index is 0.0568. The highest BCUT2D eigenvalue weighted by Gasteiger charge is 2.20. The third-order valence-corrected chi connectivity index (χ3v) is 4.10. The van der Waals surface area contributed by atoms with Crippen molar-refractivity contribution < 1.29 is 17.6 Å². The van der Waals surface area contributed by atoms with Crippen molar-refractivity contribution in [1.29, 1.82) is 5.26 Å². The molecular weight excluding hydrogens is 333 g/mol. The van der Waals surface area contributed by atoms with Crippen molar-refractivity contribution in [2.75, 3.05) is 5.32 Å². The second kappa shape index (κ2) is 6.17. The normalized spacial score (nSPS) is 10.5. The lowest BCUT2D eigenvalue weighted by atomic mass is 10.2. The summed E-state index contributed by atoms with van der Waals surface area (Å²) in [7, 11) is -1.47. The number of thiol groups is 1. The van der Waals surface area contributed by atoms with E-state index in [4.69, 9.17) is 16.9 Å². The fraction of sp³-hybridized carbons (Fsp3) is 0.0769. The second-order valence-electron chi connectivity index (χ2n) is 4.31. The number of anilines is 1. The van der Waals surface area contributed by atoms with Crippen LogP contribution in [0.2, 0.25) is 5.02 Å². The van der Waals surface area contributed by atoms with E-state index in [1.54, 1.807) is 6.07 Å². The predicted octanol–water partition coefficient (Wildman–Crippen LogP) is 1.91. The van der Waals surface area contributed by atoms with Crippen molar-refractivity contribution in [3.8, 4) is 6.07 Å². The Hall–Kier alpha value is -2.37. The van der Waals surface area contributed by atoms with E-state index >= 15 is 0 Å². The highest BCUT2D eigenvalue weighted by Crippen LogP contribution is 2.25. The summed E-state index contributed by atoms with van der Waals surface area (Å²) in [5.41, 5.74) is -0.0916. The maximum atomic E-state index is 13.2. The van der Waals surface area contributed by atoms with Gasteiger partial charge in [-0.15, -0.1) is 0 Å². The van der Waals surface area contributed by atoms with E-state index in [0.717, 1.165) is 6.07 Å². The number of rotatable bonds is 3. The molecule has 0 saturated heterocycles. The van der Waals surface area contributed by atoms with Crippen LogP contribution < -0.4 is 5.32 Å². The SMILES string of the molecule is Cn1cc([SH](=O)=O)c(Cl)c1C(=O)Nc1ccc(F)c(C#N)c1. The molecule has 0 fully saturated rings. The smallest absolute Gasteiger partial charge is 0.273 e. The molecule has 1 aromatic carbocycles. The molecule has 0 aliphatic carbocycles. The van der Waals surface area contributed by atoms with Crippen LogP contribution in [0.3, 0.4) is 0 Å². The largest absolute Gasteiger partial charge is 0.344 e. The quantitative estimate of drug-likeness (QED) is 0.834. The third-order valence-electron chi connectivity index (χ3n) is 2.86. The molecule has 0 unspecified atom stereocenters. The van der Waals surface area contributed by atoms with Crippen molar-refractivity contribution in [1.82, 2.24) is 4.57 Å². The van der Waals surface area contributed by atoms with Gasteiger partial charge in [0.05, 0.1) is 10.6 Å². The number of carbonyl (C=O) groups is 1. The van der Waals surface area contributed by atoms with Crippen LogP contribution in [0.5, 0.6) is 0 Å². The molecule has 22 heavy (non-hydrogen) atoms. The van der Waals surface area contributed by atoms with Crippen molar-refractivity contribution in [2.24, 2.45) is 7.05 Å². The lowest BCUT2D eigenvalue weighted by Gasteiger charge is -2.07. The molecule has 0 aliphatic heterocycles. The molecule has 0 radical (unpaired) electrons. The number of hydrogen-bond donors (Lipinski definition) is 2. The van der Waals surface area contributed by atoms with Gasteiger partial charge in [-0.2, -0.15) is 5.26 Å². The van der Waals surface area contributed by atoms with E-state index in [-0.39, 0.29) is 26.9 Å². The first-order valence-corrected chi connectivity index (χ1v) is 7.41. The molecule has 2 rings (SSSR count). The number of aromatic nitrogens is 1. The summed E-state index contributed by atoms with van der Waals surface area (Å²) >= 11 is 5.89. The Kier molecular flexibility index (Phi) is 4.49. The van der Waals surface area contributed by atoms with Gasteiger partial charge in [0.15, 0.2) is 10.7 Å². The molecule has 9 heteroatoms. The molecule has 114 valence electrons. The fourth-order valence-electron chi connectivity index (χ4n) is 1.85. The molecular formula is C13H9ClFN3O3S. The lowest BCUT2D eigenvalue weighted by Crippen LogP contribution is -2.16. The van der Waals surface area contributed by atoms with Gasteiger partial charge in [-0.05, 0) is 18.2 Å². The molecule has 2 aromatic rings. The highest BCUT2D eigenvalue weighted by molar-refractivity contribution is 7.72. The summed E-state index contributed by atoms with van der Waals surface area (Å²) < 4.78 is 36.5. The number of carbonyl (C=O) groups excluding carboxylic acids is 1. The number of benzene rings is 1. The van der Waals surface area contributed by atoms with E-state index in [2.05, 4.69) is 5.32 Å². The summed E-state index contributed by atoms with van der Waals surface area (Å²) in [6.07, 6.45) is 1.22. The monoisotopic (exact) mass is 341 g/mol. The van der Waals surface area contributed by atoms with Gasteiger partial charge >= 0.3 is 0 Å². The van der Waals surface area contributed by atoms with Crippen LogP contribution in [-0.2, 0) is 17.8 Å². The number of hydrogen-bond acceptors (Lipinski definition) is 4. The zero-order valence-corrected chi connectivity index (χ0v) is 12.8. The van der Waals surface area contributed by atoms with Crippen LogP contribution in [-0.4, -0.2) is 18.9 Å². The van der Waals surface area contributed by atoms with Crippen molar-refractivity contribution in [3.63, 3.8) is 0 Å². The molecule has 1 amide bonds. The number of nitriles is 1. The Morgan fingerprint density at radius 1 is 1.45 bits per heavy atom. The Labute approximate surface area is 131 Å². The first-order chi connectivity index (χ1) is 10.3. The van der Waals surface area contributed by atoms with E-state index in [1.807, 2.05) is 0 Å². The summed E-state index contributed by atoms with van der Waals surface area (Å²) in [6.45, 7) is 0. The molecule has 0 saturated carbocycles. The van der Waals surface area contributed by atoms with E-state index in [0.29, 0.717) is 0 Å². The topological polar surface area (TPSA) is 92.0 Å².